The zero-order chi connectivity index (χ0) is 7.78. The molecule has 0 aromatic carbocycles. The molecule has 0 saturated carbocycles. The third-order valence-electron chi connectivity index (χ3n) is 1.85. The Morgan fingerprint density at radius 3 is 2.50 bits per heavy atom. The van der Waals surface area contributed by atoms with Gasteiger partial charge < -0.3 is 4.74 Å². The molecule has 3 atom stereocenters. The number of nitrogens with zero attached hydrogens (tertiary/aromatic N) is 1. The minimum Gasteiger partial charge on any atom is -0.373 e. The maximum atomic E-state index is 8.65. The van der Waals surface area contributed by atoms with Crippen LogP contribution in [0.2, 0.25) is 0 Å². The molecule has 0 bridgehead atoms. The van der Waals surface area contributed by atoms with Crippen LogP contribution in [0.5, 0.6) is 0 Å². The summed E-state index contributed by atoms with van der Waals surface area (Å²) in [6, 6.07) is 2.06. The largest absolute Gasteiger partial charge is 0.373 e. The maximum absolute atomic E-state index is 8.65. The highest BCUT2D eigenvalue weighted by Gasteiger charge is 2.43. The topological polar surface area (TPSA) is 33.0 Å². The molecule has 0 spiro atoms. The van der Waals surface area contributed by atoms with E-state index in [1.807, 2.05) is 13.8 Å². The van der Waals surface area contributed by atoms with Crippen molar-refractivity contribution in [3.8, 4) is 6.07 Å². The van der Waals surface area contributed by atoms with Gasteiger partial charge in [0.25, 0.3) is 0 Å². The van der Waals surface area contributed by atoms with E-state index in [0.717, 1.165) is 0 Å². The molecule has 1 aliphatic rings. The summed E-state index contributed by atoms with van der Waals surface area (Å²) in [7, 11) is 0. The van der Waals surface area contributed by atoms with Crippen LogP contribution in [0.1, 0.15) is 20.3 Å². The summed E-state index contributed by atoms with van der Waals surface area (Å²) in [5.41, 5.74) is 0. The van der Waals surface area contributed by atoms with E-state index in [1.165, 1.54) is 0 Å². The number of hydrogen-bond acceptors (Lipinski definition) is 2. The first-order valence-corrected chi connectivity index (χ1v) is 3.72. The van der Waals surface area contributed by atoms with Crippen LogP contribution in [-0.2, 0) is 4.74 Å². The molecule has 1 fully saturated rings. The van der Waals surface area contributed by atoms with Gasteiger partial charge >= 0.3 is 0 Å². The predicted octanol–water partition coefficient (Wildman–Crippen LogP) is 1.68. The molecule has 1 saturated heterocycles. The van der Waals surface area contributed by atoms with Crippen LogP contribution in [0, 0.1) is 11.3 Å². The average Bonchev–Trinajstić information content (AvgIpc) is 2.09. The van der Waals surface area contributed by atoms with Gasteiger partial charge in [0.1, 0.15) is 0 Å². The van der Waals surface area contributed by atoms with Crippen molar-refractivity contribution in [1.82, 2.24) is 0 Å². The van der Waals surface area contributed by atoms with Gasteiger partial charge in [-0.05, 0) is 13.8 Å². The van der Waals surface area contributed by atoms with E-state index in [4.69, 9.17) is 21.6 Å². The van der Waals surface area contributed by atoms with Gasteiger partial charge in [-0.1, -0.05) is 11.6 Å². The minimum absolute atomic E-state index is 0.118. The first-order chi connectivity index (χ1) is 4.58. The molecule has 0 aromatic heterocycles. The summed E-state index contributed by atoms with van der Waals surface area (Å²) >= 11 is 5.91. The van der Waals surface area contributed by atoms with E-state index in [0.29, 0.717) is 6.42 Å². The fourth-order valence-corrected chi connectivity index (χ4v) is 1.49. The van der Waals surface area contributed by atoms with Crippen LogP contribution >= 0.6 is 11.6 Å². The van der Waals surface area contributed by atoms with Crippen molar-refractivity contribution in [3.63, 3.8) is 0 Å². The molecule has 0 aromatic rings. The second-order valence-corrected chi connectivity index (χ2v) is 3.44. The second-order valence-electron chi connectivity index (χ2n) is 2.77. The molecule has 56 valence electrons. The number of ether oxygens (including phenoxy) is 1. The van der Waals surface area contributed by atoms with Gasteiger partial charge in [-0.2, -0.15) is 5.26 Å². The standard InChI is InChI=1S/C7H10ClNO/c1-5-3-7(8,4-9)6(2)10-5/h5-6H,3H2,1-2H3. The number of alkyl halides is 1. The summed E-state index contributed by atoms with van der Waals surface area (Å²) in [5.74, 6) is 0. The van der Waals surface area contributed by atoms with Crippen molar-refractivity contribution in [1.29, 1.82) is 5.26 Å². The third-order valence-corrected chi connectivity index (χ3v) is 2.40. The lowest BCUT2D eigenvalue weighted by Crippen LogP contribution is -2.27. The van der Waals surface area contributed by atoms with E-state index in [-0.39, 0.29) is 12.2 Å². The normalized spacial score (nSPS) is 47.0. The van der Waals surface area contributed by atoms with E-state index < -0.39 is 4.87 Å². The highest BCUT2D eigenvalue weighted by molar-refractivity contribution is 6.26. The summed E-state index contributed by atoms with van der Waals surface area (Å²) in [6.45, 7) is 3.76. The molecule has 3 unspecified atom stereocenters. The van der Waals surface area contributed by atoms with E-state index in [1.54, 1.807) is 0 Å². The maximum Gasteiger partial charge on any atom is 0.159 e. The van der Waals surface area contributed by atoms with Gasteiger partial charge in [0, 0.05) is 6.42 Å². The molecule has 0 amide bonds. The highest BCUT2D eigenvalue weighted by Crippen LogP contribution is 2.35. The molecule has 1 rings (SSSR count). The fourth-order valence-electron chi connectivity index (χ4n) is 1.23. The van der Waals surface area contributed by atoms with Gasteiger partial charge in [0.2, 0.25) is 0 Å². The van der Waals surface area contributed by atoms with Crippen LogP contribution in [0.15, 0.2) is 0 Å². The molecule has 10 heavy (non-hydrogen) atoms. The van der Waals surface area contributed by atoms with Crippen molar-refractivity contribution in [3.05, 3.63) is 0 Å². The minimum atomic E-state index is -0.778. The van der Waals surface area contributed by atoms with Crippen LogP contribution in [0.3, 0.4) is 0 Å². The Labute approximate surface area is 65.7 Å². The van der Waals surface area contributed by atoms with Crippen LogP contribution in [0.4, 0.5) is 0 Å². The quantitative estimate of drug-likeness (QED) is 0.504. The number of hydrogen-bond donors (Lipinski definition) is 0. The zero-order valence-corrected chi connectivity index (χ0v) is 6.85. The van der Waals surface area contributed by atoms with Gasteiger partial charge in [-0.3, -0.25) is 0 Å². The molecule has 1 aliphatic heterocycles. The van der Waals surface area contributed by atoms with E-state index in [2.05, 4.69) is 6.07 Å². The summed E-state index contributed by atoms with van der Waals surface area (Å²) in [5, 5.41) is 8.65. The Morgan fingerprint density at radius 1 is 1.70 bits per heavy atom. The zero-order valence-electron chi connectivity index (χ0n) is 6.10. The number of nitriles is 1. The molecule has 1 heterocycles. The van der Waals surface area contributed by atoms with Crippen molar-refractivity contribution >= 4 is 11.6 Å². The van der Waals surface area contributed by atoms with Crippen molar-refractivity contribution in [2.45, 2.75) is 37.4 Å². The van der Waals surface area contributed by atoms with Gasteiger partial charge in [0.05, 0.1) is 18.3 Å². The Balaban J connectivity index is 2.73. The summed E-state index contributed by atoms with van der Waals surface area (Å²) < 4.78 is 5.31. The molecule has 2 nitrogen and oxygen atoms in total. The molecule has 0 N–H and O–H groups in total. The lowest BCUT2D eigenvalue weighted by molar-refractivity contribution is 0.0638. The van der Waals surface area contributed by atoms with Gasteiger partial charge in [-0.25, -0.2) is 0 Å². The molecule has 0 radical (unpaired) electrons. The van der Waals surface area contributed by atoms with Crippen LogP contribution < -0.4 is 0 Å². The molecule has 3 heteroatoms. The molecular weight excluding hydrogens is 150 g/mol. The molecular formula is C7H10ClNO. The fraction of sp³-hybridized carbons (Fsp3) is 0.857. The van der Waals surface area contributed by atoms with Crippen molar-refractivity contribution in [2.75, 3.05) is 0 Å². The number of halogens is 1. The van der Waals surface area contributed by atoms with Crippen molar-refractivity contribution < 1.29 is 4.74 Å². The lowest BCUT2D eigenvalue weighted by Gasteiger charge is -2.13. The summed E-state index contributed by atoms with van der Waals surface area (Å²) in [4.78, 5) is -0.778. The SMILES string of the molecule is CC1CC(Cl)(C#N)C(C)O1. The first kappa shape index (κ1) is 7.84. The average molecular weight is 160 g/mol. The summed E-state index contributed by atoms with van der Waals surface area (Å²) in [6.07, 6.45) is 0.605. The monoisotopic (exact) mass is 159 g/mol. The Kier molecular flexibility index (Phi) is 1.89. The predicted molar refractivity (Wildman–Crippen MR) is 38.8 cm³/mol. The Bertz CT molecular complexity index is 177. The third kappa shape index (κ3) is 1.12. The van der Waals surface area contributed by atoms with Gasteiger partial charge in [0.15, 0.2) is 4.87 Å². The van der Waals surface area contributed by atoms with Crippen LogP contribution in [-0.4, -0.2) is 17.1 Å². The Morgan fingerprint density at radius 2 is 2.30 bits per heavy atom. The van der Waals surface area contributed by atoms with Crippen LogP contribution in [0.25, 0.3) is 0 Å². The smallest absolute Gasteiger partial charge is 0.159 e. The first-order valence-electron chi connectivity index (χ1n) is 3.34. The van der Waals surface area contributed by atoms with Gasteiger partial charge in [-0.15, -0.1) is 0 Å². The lowest BCUT2D eigenvalue weighted by atomic mass is 10.0. The second kappa shape index (κ2) is 2.41. The molecule has 0 aliphatic carbocycles. The number of rotatable bonds is 0. The highest BCUT2D eigenvalue weighted by atomic mass is 35.5. The van der Waals surface area contributed by atoms with Crippen molar-refractivity contribution in [2.24, 2.45) is 0 Å². The van der Waals surface area contributed by atoms with E-state index in [9.17, 15) is 0 Å². The van der Waals surface area contributed by atoms with E-state index >= 15 is 0 Å². The Hall–Kier alpha value is -0.260.